The number of aromatic nitrogens is 2. The first-order valence-corrected chi connectivity index (χ1v) is 8.62. The van der Waals surface area contributed by atoms with Gasteiger partial charge in [-0.25, -0.2) is 4.68 Å². The van der Waals surface area contributed by atoms with Gasteiger partial charge in [0.15, 0.2) is 0 Å². The van der Waals surface area contributed by atoms with Crippen LogP contribution in [0.3, 0.4) is 0 Å². The number of carbonyl (C=O) groups excluding carboxylic acids is 1. The summed E-state index contributed by atoms with van der Waals surface area (Å²) in [4.78, 5) is 12.3. The van der Waals surface area contributed by atoms with Crippen molar-refractivity contribution >= 4 is 5.91 Å². The Labute approximate surface area is 152 Å². The van der Waals surface area contributed by atoms with Crippen LogP contribution in [0.4, 0.5) is 0 Å². The highest BCUT2D eigenvalue weighted by Crippen LogP contribution is 2.13. The number of carbonyl (C=O) groups is 1. The van der Waals surface area contributed by atoms with E-state index in [4.69, 9.17) is 4.42 Å². The molecule has 0 unspecified atom stereocenters. The van der Waals surface area contributed by atoms with E-state index >= 15 is 0 Å². The molecule has 0 radical (unpaired) electrons. The van der Waals surface area contributed by atoms with Crippen LogP contribution in [0.15, 0.2) is 53.1 Å². The number of amides is 1. The molecule has 0 saturated heterocycles. The van der Waals surface area contributed by atoms with E-state index in [0.29, 0.717) is 18.5 Å². The lowest BCUT2D eigenvalue weighted by atomic mass is 10.0. The molecule has 0 bridgehead atoms. The van der Waals surface area contributed by atoms with E-state index in [1.165, 1.54) is 0 Å². The van der Waals surface area contributed by atoms with Crippen LogP contribution in [-0.4, -0.2) is 33.9 Å². The fourth-order valence-corrected chi connectivity index (χ4v) is 2.90. The van der Waals surface area contributed by atoms with Crippen LogP contribution in [-0.2, 0) is 6.42 Å². The molecule has 1 amide bonds. The molecule has 26 heavy (non-hydrogen) atoms. The summed E-state index contributed by atoms with van der Waals surface area (Å²) in [7, 11) is 0. The Hall–Kier alpha value is -2.86. The quantitative estimate of drug-likeness (QED) is 0.684. The molecule has 0 aliphatic heterocycles. The molecule has 2 N–H and O–H groups in total. The van der Waals surface area contributed by atoms with Crippen molar-refractivity contribution in [2.24, 2.45) is 5.92 Å². The number of hydrogen-bond donors (Lipinski definition) is 2. The predicted octanol–water partition coefficient (Wildman–Crippen LogP) is 2.66. The normalized spacial score (nSPS) is 12.1. The van der Waals surface area contributed by atoms with Crippen LogP contribution in [0.25, 0.3) is 5.69 Å². The first kappa shape index (κ1) is 17.9. The molecule has 1 aromatic carbocycles. The molecular weight excluding hydrogens is 330 g/mol. The van der Waals surface area contributed by atoms with Crippen molar-refractivity contribution in [2.45, 2.75) is 20.3 Å². The topological polar surface area (TPSA) is 80.3 Å². The zero-order valence-electron chi connectivity index (χ0n) is 15.0. The van der Waals surface area contributed by atoms with Gasteiger partial charge in [0.2, 0.25) is 0 Å². The van der Waals surface area contributed by atoms with Crippen LogP contribution < -0.4 is 5.32 Å². The lowest BCUT2D eigenvalue weighted by Gasteiger charge is -2.14. The van der Waals surface area contributed by atoms with Crippen molar-refractivity contribution in [3.05, 3.63) is 71.4 Å². The number of nitrogens with zero attached hydrogens (tertiary/aromatic N) is 2. The molecular formula is C20H23N3O3. The summed E-state index contributed by atoms with van der Waals surface area (Å²) < 4.78 is 7.14. The monoisotopic (exact) mass is 353 g/mol. The number of nitrogens with one attached hydrogen (secondary N) is 1. The van der Waals surface area contributed by atoms with Gasteiger partial charge in [-0.15, -0.1) is 0 Å². The zero-order valence-corrected chi connectivity index (χ0v) is 15.0. The summed E-state index contributed by atoms with van der Waals surface area (Å²) in [5.41, 5.74) is 3.49. The number of hydrogen-bond acceptors (Lipinski definition) is 4. The number of rotatable bonds is 7. The molecule has 0 fully saturated rings. The predicted molar refractivity (Wildman–Crippen MR) is 98.4 cm³/mol. The molecule has 3 rings (SSSR count). The van der Waals surface area contributed by atoms with Crippen LogP contribution in [0.1, 0.15) is 27.5 Å². The van der Waals surface area contributed by atoms with Crippen molar-refractivity contribution < 1.29 is 14.3 Å². The van der Waals surface area contributed by atoms with Crippen LogP contribution in [0.5, 0.6) is 0 Å². The SMILES string of the molecule is Cc1cc(C)n(-c2ccc(C(=O)NC[C@H](CO)Cc3ccco3)cc2)n1. The minimum Gasteiger partial charge on any atom is -0.469 e. The minimum absolute atomic E-state index is 0.0160. The maximum Gasteiger partial charge on any atom is 0.251 e. The molecule has 6 heteroatoms. The molecule has 3 aromatic rings. The highest BCUT2D eigenvalue weighted by Gasteiger charge is 2.13. The molecule has 0 aliphatic carbocycles. The Morgan fingerprint density at radius 3 is 2.62 bits per heavy atom. The molecule has 1 atom stereocenters. The molecule has 2 aromatic heterocycles. The number of aliphatic hydroxyl groups is 1. The Morgan fingerprint density at radius 2 is 2.04 bits per heavy atom. The first-order chi connectivity index (χ1) is 12.6. The summed E-state index contributed by atoms with van der Waals surface area (Å²) in [5, 5.41) is 16.8. The third kappa shape index (κ3) is 4.21. The molecule has 0 saturated carbocycles. The van der Waals surface area contributed by atoms with Crippen molar-refractivity contribution in [3.63, 3.8) is 0 Å². The van der Waals surface area contributed by atoms with Crippen molar-refractivity contribution in [3.8, 4) is 5.69 Å². The first-order valence-electron chi connectivity index (χ1n) is 8.62. The third-order valence-corrected chi connectivity index (χ3v) is 4.26. The number of furan rings is 1. The maximum absolute atomic E-state index is 12.3. The largest absolute Gasteiger partial charge is 0.469 e. The highest BCUT2D eigenvalue weighted by atomic mass is 16.3. The van der Waals surface area contributed by atoms with Crippen molar-refractivity contribution in [2.75, 3.05) is 13.2 Å². The minimum atomic E-state index is -0.164. The summed E-state index contributed by atoms with van der Waals surface area (Å²) in [6, 6.07) is 13.0. The average Bonchev–Trinajstić information content (AvgIpc) is 3.27. The Bertz CT molecular complexity index is 851. The van der Waals surface area contributed by atoms with Crippen LogP contribution in [0.2, 0.25) is 0 Å². The lowest BCUT2D eigenvalue weighted by Crippen LogP contribution is -2.31. The summed E-state index contributed by atoms with van der Waals surface area (Å²) in [5.74, 6) is 0.550. The van der Waals surface area contributed by atoms with Gasteiger partial charge in [-0.1, -0.05) is 0 Å². The van der Waals surface area contributed by atoms with E-state index in [9.17, 15) is 9.90 Å². The number of aliphatic hydroxyl groups excluding tert-OH is 1. The summed E-state index contributed by atoms with van der Waals surface area (Å²) in [6.07, 6.45) is 2.19. The maximum atomic E-state index is 12.3. The van der Waals surface area contributed by atoms with Gasteiger partial charge in [-0.2, -0.15) is 5.10 Å². The van der Waals surface area contributed by atoms with Gasteiger partial charge in [0.05, 0.1) is 17.6 Å². The highest BCUT2D eigenvalue weighted by molar-refractivity contribution is 5.94. The van der Waals surface area contributed by atoms with E-state index in [-0.39, 0.29) is 18.4 Å². The number of benzene rings is 1. The molecule has 6 nitrogen and oxygen atoms in total. The van der Waals surface area contributed by atoms with E-state index in [0.717, 1.165) is 22.8 Å². The molecule has 0 spiro atoms. The van der Waals surface area contributed by atoms with Gasteiger partial charge in [-0.05, 0) is 56.3 Å². The summed E-state index contributed by atoms with van der Waals surface area (Å²) >= 11 is 0. The average molecular weight is 353 g/mol. The fraction of sp³-hybridized carbons (Fsp3) is 0.300. The second-order valence-electron chi connectivity index (χ2n) is 6.43. The van der Waals surface area contributed by atoms with Crippen LogP contribution in [0, 0.1) is 19.8 Å². The second-order valence-corrected chi connectivity index (χ2v) is 6.43. The van der Waals surface area contributed by atoms with E-state index < -0.39 is 0 Å². The summed E-state index contributed by atoms with van der Waals surface area (Å²) in [6.45, 7) is 4.31. The van der Waals surface area contributed by atoms with E-state index in [1.54, 1.807) is 18.4 Å². The molecule has 0 aliphatic rings. The third-order valence-electron chi connectivity index (χ3n) is 4.26. The molecule has 2 heterocycles. The van der Waals surface area contributed by atoms with Gasteiger partial charge < -0.3 is 14.8 Å². The van der Waals surface area contributed by atoms with E-state index in [2.05, 4.69) is 10.4 Å². The van der Waals surface area contributed by atoms with Gasteiger partial charge in [0.25, 0.3) is 5.91 Å². The van der Waals surface area contributed by atoms with Gasteiger partial charge in [-0.3, -0.25) is 4.79 Å². The zero-order chi connectivity index (χ0) is 18.5. The van der Waals surface area contributed by atoms with Crippen LogP contribution >= 0.6 is 0 Å². The Kier molecular flexibility index (Phi) is 5.53. The van der Waals surface area contributed by atoms with E-state index in [1.807, 2.05) is 48.9 Å². The Balaban J connectivity index is 1.60. The standard InChI is InChI=1S/C20H23N3O3/c1-14-10-15(2)23(22-14)18-7-5-17(6-8-18)20(25)21-12-16(13-24)11-19-4-3-9-26-19/h3-10,16,24H,11-13H2,1-2H3,(H,21,25)/t16-/m1/s1. The smallest absolute Gasteiger partial charge is 0.251 e. The van der Waals surface area contributed by atoms with Gasteiger partial charge in [0, 0.05) is 36.7 Å². The van der Waals surface area contributed by atoms with Gasteiger partial charge in [0.1, 0.15) is 5.76 Å². The Morgan fingerprint density at radius 1 is 1.27 bits per heavy atom. The second kappa shape index (κ2) is 8.01. The van der Waals surface area contributed by atoms with Gasteiger partial charge >= 0.3 is 0 Å². The fourth-order valence-electron chi connectivity index (χ4n) is 2.90. The lowest BCUT2D eigenvalue weighted by molar-refractivity contribution is 0.0939. The molecule has 136 valence electrons. The van der Waals surface area contributed by atoms with Crippen molar-refractivity contribution in [1.29, 1.82) is 0 Å². The van der Waals surface area contributed by atoms with Crippen molar-refractivity contribution in [1.82, 2.24) is 15.1 Å². The number of aryl methyl sites for hydroxylation is 2.